The van der Waals surface area contributed by atoms with Crippen LogP contribution in [-0.2, 0) is 6.54 Å². The van der Waals surface area contributed by atoms with Crippen molar-refractivity contribution >= 4 is 11.8 Å². The number of rotatable bonds is 6. The van der Waals surface area contributed by atoms with Crippen molar-refractivity contribution in [3.63, 3.8) is 0 Å². The van der Waals surface area contributed by atoms with Crippen LogP contribution in [0, 0.1) is 0 Å². The average Bonchev–Trinajstić information content (AvgIpc) is 2.44. The molecule has 5 heteroatoms. The molecule has 106 valence electrons. The van der Waals surface area contributed by atoms with Gasteiger partial charge in [-0.05, 0) is 37.3 Å². The molecule has 0 aromatic heterocycles. The third-order valence-corrected chi connectivity index (χ3v) is 3.97. The summed E-state index contributed by atoms with van der Waals surface area (Å²) in [6, 6.07) is 4.40. The number of ether oxygens (including phenoxy) is 2. The molecule has 1 aliphatic rings. The van der Waals surface area contributed by atoms with Crippen molar-refractivity contribution < 1.29 is 14.6 Å². The summed E-state index contributed by atoms with van der Waals surface area (Å²) in [4.78, 5) is 1.20. The molecular formula is C14H21NO3S. The van der Waals surface area contributed by atoms with Gasteiger partial charge in [0.05, 0.1) is 0 Å². The SMILES string of the molecule is CSc1cc2c(cc1CNC(C)CCO)OCCO2. The minimum Gasteiger partial charge on any atom is -0.486 e. The Labute approximate surface area is 118 Å². The summed E-state index contributed by atoms with van der Waals surface area (Å²) in [7, 11) is 0. The molecule has 1 aliphatic heterocycles. The molecule has 0 radical (unpaired) electrons. The first-order chi connectivity index (χ1) is 9.24. The van der Waals surface area contributed by atoms with Crippen LogP contribution in [0.4, 0.5) is 0 Å². The van der Waals surface area contributed by atoms with Crippen LogP contribution in [0.1, 0.15) is 18.9 Å². The Morgan fingerprint density at radius 3 is 2.63 bits per heavy atom. The van der Waals surface area contributed by atoms with Crippen LogP contribution in [0.25, 0.3) is 0 Å². The van der Waals surface area contributed by atoms with E-state index in [1.807, 2.05) is 6.07 Å². The summed E-state index contributed by atoms with van der Waals surface area (Å²) in [6.45, 7) is 4.29. The quantitative estimate of drug-likeness (QED) is 0.783. The molecule has 1 aromatic carbocycles. The zero-order chi connectivity index (χ0) is 13.7. The van der Waals surface area contributed by atoms with Gasteiger partial charge in [0.25, 0.3) is 0 Å². The van der Waals surface area contributed by atoms with Crippen LogP contribution in [0.5, 0.6) is 11.5 Å². The van der Waals surface area contributed by atoms with Gasteiger partial charge in [0.15, 0.2) is 11.5 Å². The van der Waals surface area contributed by atoms with E-state index in [0.717, 1.165) is 24.5 Å². The topological polar surface area (TPSA) is 50.7 Å². The molecule has 1 atom stereocenters. The fourth-order valence-electron chi connectivity index (χ4n) is 2.02. The molecule has 4 nitrogen and oxygen atoms in total. The van der Waals surface area contributed by atoms with Crippen LogP contribution in [0.15, 0.2) is 17.0 Å². The Bertz CT molecular complexity index is 425. The number of hydrogen-bond acceptors (Lipinski definition) is 5. The maximum Gasteiger partial charge on any atom is 0.162 e. The number of aliphatic hydroxyl groups is 1. The van der Waals surface area contributed by atoms with Crippen molar-refractivity contribution in [3.8, 4) is 11.5 Å². The lowest BCUT2D eigenvalue weighted by atomic mass is 10.1. The molecule has 0 saturated carbocycles. The number of benzene rings is 1. The van der Waals surface area contributed by atoms with Crippen LogP contribution in [0.3, 0.4) is 0 Å². The van der Waals surface area contributed by atoms with E-state index < -0.39 is 0 Å². The first kappa shape index (κ1) is 14.5. The molecule has 0 bridgehead atoms. The van der Waals surface area contributed by atoms with Gasteiger partial charge in [-0.2, -0.15) is 0 Å². The molecule has 2 N–H and O–H groups in total. The van der Waals surface area contributed by atoms with Gasteiger partial charge in [0.1, 0.15) is 13.2 Å². The summed E-state index contributed by atoms with van der Waals surface area (Å²) in [5.74, 6) is 1.67. The van der Waals surface area contributed by atoms with E-state index in [1.165, 1.54) is 10.5 Å². The van der Waals surface area contributed by atoms with Crippen molar-refractivity contribution in [2.75, 3.05) is 26.1 Å². The molecule has 0 spiro atoms. The Balaban J connectivity index is 2.10. The predicted molar refractivity (Wildman–Crippen MR) is 77.2 cm³/mol. The fourth-order valence-corrected chi connectivity index (χ4v) is 2.64. The molecule has 1 unspecified atom stereocenters. The predicted octanol–water partition coefficient (Wildman–Crippen LogP) is 2.04. The highest BCUT2D eigenvalue weighted by Crippen LogP contribution is 2.36. The van der Waals surface area contributed by atoms with E-state index in [2.05, 4.69) is 24.6 Å². The van der Waals surface area contributed by atoms with Crippen LogP contribution in [-0.4, -0.2) is 37.2 Å². The molecule has 0 saturated heterocycles. The van der Waals surface area contributed by atoms with Gasteiger partial charge in [0, 0.05) is 24.1 Å². The highest BCUT2D eigenvalue weighted by molar-refractivity contribution is 7.98. The lowest BCUT2D eigenvalue weighted by Gasteiger charge is -2.21. The summed E-state index contributed by atoms with van der Waals surface area (Å²) < 4.78 is 11.2. The van der Waals surface area contributed by atoms with Gasteiger partial charge in [-0.1, -0.05) is 0 Å². The third kappa shape index (κ3) is 3.78. The van der Waals surface area contributed by atoms with Crippen molar-refractivity contribution in [1.82, 2.24) is 5.32 Å². The van der Waals surface area contributed by atoms with Crippen molar-refractivity contribution in [3.05, 3.63) is 17.7 Å². The largest absolute Gasteiger partial charge is 0.486 e. The zero-order valence-electron chi connectivity index (χ0n) is 11.4. The van der Waals surface area contributed by atoms with E-state index in [0.29, 0.717) is 19.3 Å². The molecule has 19 heavy (non-hydrogen) atoms. The van der Waals surface area contributed by atoms with Crippen molar-refractivity contribution in [2.45, 2.75) is 30.8 Å². The molecule has 0 aliphatic carbocycles. The number of nitrogens with one attached hydrogen (secondary N) is 1. The maximum atomic E-state index is 8.91. The first-order valence-electron chi connectivity index (χ1n) is 6.55. The summed E-state index contributed by atoms with van der Waals surface area (Å²) >= 11 is 1.71. The average molecular weight is 283 g/mol. The van der Waals surface area contributed by atoms with Gasteiger partial charge in [0.2, 0.25) is 0 Å². The summed E-state index contributed by atoms with van der Waals surface area (Å²) in [5.41, 5.74) is 1.21. The van der Waals surface area contributed by atoms with Gasteiger partial charge in [-0.15, -0.1) is 11.8 Å². The van der Waals surface area contributed by atoms with Crippen molar-refractivity contribution in [2.24, 2.45) is 0 Å². The molecule has 2 rings (SSSR count). The van der Waals surface area contributed by atoms with Crippen molar-refractivity contribution in [1.29, 1.82) is 0 Å². The van der Waals surface area contributed by atoms with E-state index in [4.69, 9.17) is 14.6 Å². The van der Waals surface area contributed by atoms with Gasteiger partial charge >= 0.3 is 0 Å². The number of aliphatic hydroxyl groups excluding tert-OH is 1. The van der Waals surface area contributed by atoms with Gasteiger partial charge < -0.3 is 19.9 Å². The molecule has 1 aromatic rings. The second-order valence-electron chi connectivity index (χ2n) is 4.60. The smallest absolute Gasteiger partial charge is 0.162 e. The molecule has 0 fully saturated rings. The fraction of sp³-hybridized carbons (Fsp3) is 0.571. The monoisotopic (exact) mass is 283 g/mol. The number of thioether (sulfide) groups is 1. The second kappa shape index (κ2) is 7.03. The Kier molecular flexibility index (Phi) is 5.36. The normalized spacial score (nSPS) is 15.3. The maximum absolute atomic E-state index is 8.91. The lowest BCUT2D eigenvalue weighted by Crippen LogP contribution is -2.26. The number of hydrogen-bond donors (Lipinski definition) is 2. The Morgan fingerprint density at radius 2 is 2.00 bits per heavy atom. The van der Waals surface area contributed by atoms with Crippen LogP contribution in [0.2, 0.25) is 0 Å². The van der Waals surface area contributed by atoms with E-state index in [-0.39, 0.29) is 6.61 Å². The standard InChI is InChI=1S/C14H21NO3S/c1-10(3-4-16)15-9-11-7-12-13(8-14(11)19-2)18-6-5-17-12/h7-8,10,15-16H,3-6,9H2,1-2H3. The highest BCUT2D eigenvalue weighted by atomic mass is 32.2. The van der Waals surface area contributed by atoms with Crippen LogP contribution < -0.4 is 14.8 Å². The van der Waals surface area contributed by atoms with Crippen LogP contribution >= 0.6 is 11.8 Å². The minimum absolute atomic E-state index is 0.213. The molecule has 0 amide bonds. The van der Waals surface area contributed by atoms with E-state index in [9.17, 15) is 0 Å². The van der Waals surface area contributed by atoms with Gasteiger partial charge in [-0.3, -0.25) is 0 Å². The molecular weight excluding hydrogens is 262 g/mol. The van der Waals surface area contributed by atoms with E-state index >= 15 is 0 Å². The Morgan fingerprint density at radius 1 is 1.32 bits per heavy atom. The summed E-state index contributed by atoms with van der Waals surface area (Å²) in [5, 5.41) is 12.3. The van der Waals surface area contributed by atoms with Gasteiger partial charge in [-0.25, -0.2) is 0 Å². The van der Waals surface area contributed by atoms with E-state index in [1.54, 1.807) is 11.8 Å². The first-order valence-corrected chi connectivity index (χ1v) is 7.78. The molecule has 1 heterocycles. The number of fused-ring (bicyclic) bond motifs is 1. The summed E-state index contributed by atoms with van der Waals surface area (Å²) in [6.07, 6.45) is 2.82. The minimum atomic E-state index is 0.213. The highest BCUT2D eigenvalue weighted by Gasteiger charge is 2.15. The Hall–Kier alpha value is -0.910. The lowest BCUT2D eigenvalue weighted by molar-refractivity contribution is 0.171. The zero-order valence-corrected chi connectivity index (χ0v) is 12.3. The third-order valence-electron chi connectivity index (χ3n) is 3.15. The second-order valence-corrected chi connectivity index (χ2v) is 5.45.